The summed E-state index contributed by atoms with van der Waals surface area (Å²) >= 11 is 0. The van der Waals surface area contributed by atoms with Crippen molar-refractivity contribution in [3.8, 4) is 0 Å². The normalized spacial score (nSPS) is 15.1. The number of carbonyl (C=O) groups is 1. The molecule has 1 aliphatic rings. The van der Waals surface area contributed by atoms with E-state index in [9.17, 15) is 4.79 Å². The third-order valence-electron chi connectivity index (χ3n) is 4.34. The van der Waals surface area contributed by atoms with Gasteiger partial charge in [0.15, 0.2) is 0 Å². The van der Waals surface area contributed by atoms with Crippen LogP contribution in [0.15, 0.2) is 47.1 Å². The van der Waals surface area contributed by atoms with Crippen molar-refractivity contribution in [3.63, 3.8) is 0 Å². The molecule has 0 aliphatic carbocycles. The van der Waals surface area contributed by atoms with Crippen LogP contribution in [0.3, 0.4) is 0 Å². The SMILES string of the molecule is Cl.Cl.NCc1cc(C(=O)NCC(c2ccccc2)N2CCCC2)co1. The third kappa shape index (κ3) is 5.47. The smallest absolute Gasteiger partial charge is 0.254 e. The number of nitrogens with two attached hydrogens (primary N) is 1. The Kier molecular flexibility index (Phi) is 9.00. The van der Waals surface area contributed by atoms with E-state index in [0.29, 0.717) is 24.4 Å². The van der Waals surface area contributed by atoms with Gasteiger partial charge in [-0.05, 0) is 37.6 Å². The summed E-state index contributed by atoms with van der Waals surface area (Å²) in [5, 5.41) is 3.03. The van der Waals surface area contributed by atoms with Crippen molar-refractivity contribution < 1.29 is 9.21 Å². The van der Waals surface area contributed by atoms with Crippen molar-refractivity contribution in [1.29, 1.82) is 0 Å². The van der Waals surface area contributed by atoms with E-state index < -0.39 is 0 Å². The molecule has 1 fully saturated rings. The number of amides is 1. The third-order valence-corrected chi connectivity index (χ3v) is 4.34. The zero-order valence-electron chi connectivity index (χ0n) is 14.0. The van der Waals surface area contributed by atoms with Gasteiger partial charge >= 0.3 is 0 Å². The van der Waals surface area contributed by atoms with Crippen molar-refractivity contribution in [2.24, 2.45) is 5.73 Å². The molecule has 0 saturated carbocycles. The maximum Gasteiger partial charge on any atom is 0.254 e. The summed E-state index contributed by atoms with van der Waals surface area (Å²) in [6.45, 7) is 3.05. The summed E-state index contributed by atoms with van der Waals surface area (Å²) < 4.78 is 5.23. The molecule has 138 valence electrons. The van der Waals surface area contributed by atoms with E-state index >= 15 is 0 Å². The monoisotopic (exact) mass is 385 g/mol. The minimum atomic E-state index is -0.117. The maximum atomic E-state index is 12.3. The Morgan fingerprint density at radius 2 is 1.88 bits per heavy atom. The van der Waals surface area contributed by atoms with E-state index in [1.54, 1.807) is 6.07 Å². The van der Waals surface area contributed by atoms with E-state index in [2.05, 4.69) is 22.3 Å². The molecule has 3 N–H and O–H groups in total. The summed E-state index contributed by atoms with van der Waals surface area (Å²) in [7, 11) is 0. The van der Waals surface area contributed by atoms with Crippen LogP contribution in [-0.4, -0.2) is 30.4 Å². The van der Waals surface area contributed by atoms with Gasteiger partial charge in [-0.15, -0.1) is 24.8 Å². The number of hydrogen-bond donors (Lipinski definition) is 2. The summed E-state index contributed by atoms with van der Waals surface area (Å²) in [6.07, 6.45) is 3.91. The predicted molar refractivity (Wildman–Crippen MR) is 103 cm³/mol. The number of hydrogen-bond acceptors (Lipinski definition) is 4. The van der Waals surface area contributed by atoms with Crippen LogP contribution >= 0.6 is 24.8 Å². The molecule has 1 aromatic carbocycles. The maximum absolute atomic E-state index is 12.3. The van der Waals surface area contributed by atoms with Crippen LogP contribution in [0.25, 0.3) is 0 Å². The predicted octanol–water partition coefficient (Wildman–Crippen LogP) is 3.15. The average Bonchev–Trinajstić information content (AvgIpc) is 3.27. The highest BCUT2D eigenvalue weighted by atomic mass is 35.5. The average molecular weight is 386 g/mol. The molecule has 2 aromatic rings. The largest absolute Gasteiger partial charge is 0.467 e. The number of nitrogens with one attached hydrogen (secondary N) is 1. The number of benzene rings is 1. The molecule has 1 atom stereocenters. The molecule has 1 amide bonds. The second kappa shape index (κ2) is 10.5. The Morgan fingerprint density at radius 3 is 2.48 bits per heavy atom. The molecule has 7 heteroatoms. The van der Waals surface area contributed by atoms with Crippen LogP contribution in [0.4, 0.5) is 0 Å². The van der Waals surface area contributed by atoms with Crippen LogP contribution in [0.5, 0.6) is 0 Å². The fraction of sp³-hybridized carbons (Fsp3) is 0.389. The molecule has 0 bridgehead atoms. The molecule has 2 heterocycles. The Hall–Kier alpha value is -1.53. The molecular formula is C18H25Cl2N3O2. The zero-order chi connectivity index (χ0) is 16.1. The Labute approximate surface area is 160 Å². The molecular weight excluding hydrogens is 361 g/mol. The highest BCUT2D eigenvalue weighted by Crippen LogP contribution is 2.24. The van der Waals surface area contributed by atoms with Crippen molar-refractivity contribution in [2.45, 2.75) is 25.4 Å². The molecule has 0 spiro atoms. The number of likely N-dealkylation sites (tertiary alicyclic amines) is 1. The lowest BCUT2D eigenvalue weighted by molar-refractivity contribution is 0.0937. The summed E-state index contributed by atoms with van der Waals surface area (Å²) in [5.74, 6) is 0.503. The fourth-order valence-corrected chi connectivity index (χ4v) is 3.08. The van der Waals surface area contributed by atoms with Crippen LogP contribution in [0.1, 0.15) is 40.6 Å². The first-order valence-corrected chi connectivity index (χ1v) is 8.12. The Balaban J connectivity index is 0.00000156. The number of furan rings is 1. The summed E-state index contributed by atoms with van der Waals surface area (Å²) in [4.78, 5) is 14.7. The zero-order valence-corrected chi connectivity index (χ0v) is 15.7. The van der Waals surface area contributed by atoms with E-state index in [4.69, 9.17) is 10.2 Å². The van der Waals surface area contributed by atoms with E-state index in [1.165, 1.54) is 24.7 Å². The van der Waals surface area contributed by atoms with Crippen molar-refractivity contribution in [3.05, 3.63) is 59.5 Å². The molecule has 3 rings (SSSR count). The van der Waals surface area contributed by atoms with Gasteiger partial charge in [-0.3, -0.25) is 9.69 Å². The van der Waals surface area contributed by atoms with Gasteiger partial charge in [0, 0.05) is 6.54 Å². The lowest BCUT2D eigenvalue weighted by Crippen LogP contribution is -2.36. The van der Waals surface area contributed by atoms with Crippen LogP contribution in [0, 0.1) is 0 Å². The van der Waals surface area contributed by atoms with Gasteiger partial charge in [-0.25, -0.2) is 0 Å². The topological polar surface area (TPSA) is 71.5 Å². The molecule has 1 aromatic heterocycles. The van der Waals surface area contributed by atoms with Gasteiger partial charge in [-0.2, -0.15) is 0 Å². The molecule has 1 aliphatic heterocycles. The summed E-state index contributed by atoms with van der Waals surface area (Å²) in [6, 6.07) is 12.3. The van der Waals surface area contributed by atoms with Gasteiger partial charge in [0.05, 0.1) is 18.2 Å². The Bertz CT molecular complexity index is 643. The number of nitrogens with zero attached hydrogens (tertiary/aromatic N) is 1. The minimum absolute atomic E-state index is 0. The van der Waals surface area contributed by atoms with Gasteiger partial charge in [0.2, 0.25) is 0 Å². The standard InChI is InChI=1S/C18H23N3O2.2ClH/c19-11-16-10-15(13-23-16)18(22)20-12-17(21-8-4-5-9-21)14-6-2-1-3-7-14;;/h1-3,6-7,10,13,17H,4-5,8-9,11-12,19H2,(H,20,22);2*1H. The molecule has 25 heavy (non-hydrogen) atoms. The van der Waals surface area contributed by atoms with Crippen molar-refractivity contribution in [1.82, 2.24) is 10.2 Å². The van der Waals surface area contributed by atoms with E-state index in [-0.39, 0.29) is 36.8 Å². The lowest BCUT2D eigenvalue weighted by Gasteiger charge is -2.28. The molecule has 5 nitrogen and oxygen atoms in total. The van der Waals surface area contributed by atoms with Crippen LogP contribution < -0.4 is 11.1 Å². The van der Waals surface area contributed by atoms with Crippen molar-refractivity contribution in [2.75, 3.05) is 19.6 Å². The van der Waals surface area contributed by atoms with E-state index in [1.807, 2.05) is 18.2 Å². The highest BCUT2D eigenvalue weighted by molar-refractivity contribution is 5.94. The van der Waals surface area contributed by atoms with Crippen molar-refractivity contribution >= 4 is 30.7 Å². The van der Waals surface area contributed by atoms with Gasteiger partial charge in [0.25, 0.3) is 5.91 Å². The molecule has 0 radical (unpaired) electrons. The highest BCUT2D eigenvalue weighted by Gasteiger charge is 2.24. The summed E-state index contributed by atoms with van der Waals surface area (Å²) in [5.41, 5.74) is 7.28. The Morgan fingerprint density at radius 1 is 1.20 bits per heavy atom. The second-order valence-electron chi connectivity index (χ2n) is 5.89. The van der Waals surface area contributed by atoms with Crippen LogP contribution in [-0.2, 0) is 6.54 Å². The minimum Gasteiger partial charge on any atom is -0.467 e. The number of halogens is 2. The fourth-order valence-electron chi connectivity index (χ4n) is 3.08. The number of carbonyl (C=O) groups excluding carboxylic acids is 1. The molecule has 1 unspecified atom stereocenters. The van der Waals surface area contributed by atoms with Gasteiger partial charge in [-0.1, -0.05) is 30.3 Å². The van der Waals surface area contributed by atoms with Gasteiger partial charge < -0.3 is 15.5 Å². The van der Waals surface area contributed by atoms with E-state index in [0.717, 1.165) is 13.1 Å². The first-order chi connectivity index (χ1) is 11.3. The lowest BCUT2D eigenvalue weighted by atomic mass is 10.1. The first kappa shape index (κ1) is 21.5. The van der Waals surface area contributed by atoms with Crippen LogP contribution in [0.2, 0.25) is 0 Å². The molecule has 1 saturated heterocycles. The number of rotatable bonds is 6. The quantitative estimate of drug-likeness (QED) is 0.800. The first-order valence-electron chi connectivity index (χ1n) is 8.12. The van der Waals surface area contributed by atoms with Gasteiger partial charge in [0.1, 0.15) is 12.0 Å². The second-order valence-corrected chi connectivity index (χ2v) is 5.89.